The maximum absolute atomic E-state index is 10.8. The van der Waals surface area contributed by atoms with Crippen molar-refractivity contribution < 1.29 is 4.79 Å². The molecule has 1 heterocycles. The number of aryl methyl sites for hydroxylation is 1. The Kier molecular flexibility index (Phi) is 11.4. The number of carbonyl (C=O) groups is 1. The van der Waals surface area contributed by atoms with Gasteiger partial charge in [0.05, 0.1) is 0 Å². The lowest BCUT2D eigenvalue weighted by Crippen LogP contribution is -2.25. The minimum atomic E-state index is 0.612. The Morgan fingerprint density at radius 1 is 1.18 bits per heavy atom. The Morgan fingerprint density at radius 2 is 1.71 bits per heavy atom. The van der Waals surface area contributed by atoms with Crippen LogP contribution in [0.2, 0.25) is 0 Å². The van der Waals surface area contributed by atoms with Crippen LogP contribution in [0.4, 0.5) is 0 Å². The second kappa shape index (κ2) is 10.9. The Morgan fingerprint density at radius 3 is 2.12 bits per heavy atom. The summed E-state index contributed by atoms with van der Waals surface area (Å²) in [5.41, 5.74) is 5.24. The number of hydrogen-bond donors (Lipinski definition) is 1. The van der Waals surface area contributed by atoms with Crippen LogP contribution < -0.4 is 10.9 Å². The highest BCUT2D eigenvalue weighted by Crippen LogP contribution is 1.99. The number of aromatic nitrogens is 1. The van der Waals surface area contributed by atoms with Crippen molar-refractivity contribution in [2.24, 2.45) is 5.10 Å². The van der Waals surface area contributed by atoms with Gasteiger partial charge in [0.1, 0.15) is 0 Å². The third-order valence-corrected chi connectivity index (χ3v) is 1.99. The zero-order valence-electron chi connectivity index (χ0n) is 12.0. The van der Waals surface area contributed by atoms with Crippen LogP contribution in [0.15, 0.2) is 17.2 Å². The molecule has 0 saturated heterocycles. The van der Waals surface area contributed by atoms with E-state index in [1.165, 1.54) is 4.57 Å². The van der Waals surface area contributed by atoms with Crippen LogP contribution in [0.5, 0.6) is 0 Å². The molecule has 0 aromatic carbocycles. The van der Waals surface area contributed by atoms with Crippen molar-refractivity contribution in [1.29, 1.82) is 0 Å². The second-order valence-corrected chi connectivity index (χ2v) is 2.77. The lowest BCUT2D eigenvalue weighted by Gasteiger charge is -2.06. The lowest BCUT2D eigenvalue weighted by molar-refractivity contribution is 0.542. The number of nitrogens with zero attached hydrogens (tertiary/aromatic N) is 2. The predicted octanol–water partition coefficient (Wildman–Crippen LogP) is 2.23. The topological polar surface area (TPSA) is 46.4 Å². The maximum atomic E-state index is 10.8. The van der Waals surface area contributed by atoms with Gasteiger partial charge in [0, 0.05) is 12.7 Å². The minimum Gasteiger partial charge on any atom is -0.311 e. The van der Waals surface area contributed by atoms with Gasteiger partial charge >= 0.3 is 0 Å². The smallest absolute Gasteiger partial charge is 0.219 e. The fourth-order valence-corrected chi connectivity index (χ4v) is 1.10. The Hall–Kier alpha value is -1.58. The average molecular weight is 239 g/mol. The van der Waals surface area contributed by atoms with Gasteiger partial charge in [-0.2, -0.15) is 5.10 Å². The molecule has 1 rings (SSSR count). The summed E-state index contributed by atoms with van der Waals surface area (Å²) in [5.74, 6) is 0. The molecule has 0 aliphatic rings. The van der Waals surface area contributed by atoms with E-state index >= 15 is 0 Å². The largest absolute Gasteiger partial charge is 0.311 e. The van der Waals surface area contributed by atoms with Gasteiger partial charge in [-0.3, -0.25) is 9.36 Å². The zero-order valence-corrected chi connectivity index (χ0v) is 12.0. The van der Waals surface area contributed by atoms with Gasteiger partial charge in [-0.15, -0.1) is 0 Å². The standard InChI is InChI=1S/C9H13N3O.2C2H6/c1-7-4-5-9(11-10-3)12(6-13)8(7)2;2*1-2/h4-6,10H,1-3H3;2*1-2H3/b11-9-;;. The van der Waals surface area contributed by atoms with Crippen molar-refractivity contribution in [3.63, 3.8) is 0 Å². The van der Waals surface area contributed by atoms with Crippen LogP contribution in [0.25, 0.3) is 0 Å². The summed E-state index contributed by atoms with van der Waals surface area (Å²) < 4.78 is 1.51. The molecule has 1 aromatic heterocycles. The summed E-state index contributed by atoms with van der Waals surface area (Å²) in [6.45, 7) is 11.8. The van der Waals surface area contributed by atoms with Crippen molar-refractivity contribution >= 4 is 6.41 Å². The SMILES string of the molecule is CC.CC.CN/N=c1/ccc(C)c(C)n1C=O. The number of hydrogen-bond acceptors (Lipinski definition) is 3. The second-order valence-electron chi connectivity index (χ2n) is 2.77. The van der Waals surface area contributed by atoms with Gasteiger partial charge in [-0.25, -0.2) is 0 Å². The third-order valence-electron chi connectivity index (χ3n) is 1.99. The van der Waals surface area contributed by atoms with E-state index in [2.05, 4.69) is 10.5 Å². The first-order valence-corrected chi connectivity index (χ1v) is 6.05. The fraction of sp³-hybridized carbons (Fsp3) is 0.538. The van der Waals surface area contributed by atoms with E-state index in [4.69, 9.17) is 0 Å². The van der Waals surface area contributed by atoms with Crippen molar-refractivity contribution in [3.8, 4) is 0 Å². The van der Waals surface area contributed by atoms with Crippen LogP contribution in [0.1, 0.15) is 39.0 Å². The van der Waals surface area contributed by atoms with Crippen molar-refractivity contribution in [1.82, 2.24) is 9.99 Å². The first-order valence-electron chi connectivity index (χ1n) is 6.05. The van der Waals surface area contributed by atoms with Crippen LogP contribution >= 0.6 is 0 Å². The molecule has 0 radical (unpaired) electrons. The van der Waals surface area contributed by atoms with E-state index < -0.39 is 0 Å². The number of pyridine rings is 1. The molecule has 0 amide bonds. The van der Waals surface area contributed by atoms with Crippen molar-refractivity contribution in [3.05, 3.63) is 28.9 Å². The Labute approximate surface area is 104 Å². The van der Waals surface area contributed by atoms with E-state index in [0.29, 0.717) is 5.49 Å². The van der Waals surface area contributed by atoms with Crippen LogP contribution in [0.3, 0.4) is 0 Å². The molecule has 1 N–H and O–H groups in total. The highest BCUT2D eigenvalue weighted by atomic mass is 16.1. The van der Waals surface area contributed by atoms with Gasteiger partial charge < -0.3 is 5.43 Å². The van der Waals surface area contributed by atoms with E-state index in [0.717, 1.165) is 17.7 Å². The summed E-state index contributed by atoms with van der Waals surface area (Å²) in [4.78, 5) is 10.8. The highest BCUT2D eigenvalue weighted by molar-refractivity contribution is 5.54. The molecule has 0 aliphatic heterocycles. The Balaban J connectivity index is 0. The molecule has 0 unspecified atom stereocenters. The first-order chi connectivity index (χ1) is 8.20. The van der Waals surface area contributed by atoms with Gasteiger partial charge in [0.2, 0.25) is 6.41 Å². The summed E-state index contributed by atoms with van der Waals surface area (Å²) in [7, 11) is 1.70. The molecular formula is C13H25N3O. The molecule has 0 fully saturated rings. The lowest BCUT2D eigenvalue weighted by atomic mass is 10.2. The normalized spacial score (nSPS) is 9.47. The predicted molar refractivity (Wildman–Crippen MR) is 73.4 cm³/mol. The number of carbonyl (C=O) groups excluding carboxylic acids is 1. The molecular weight excluding hydrogens is 214 g/mol. The van der Waals surface area contributed by atoms with Gasteiger partial charge in [0.15, 0.2) is 5.49 Å². The maximum Gasteiger partial charge on any atom is 0.219 e. The molecule has 17 heavy (non-hydrogen) atoms. The molecule has 0 saturated carbocycles. The quantitative estimate of drug-likeness (QED) is 0.635. The molecule has 98 valence electrons. The van der Waals surface area contributed by atoms with Gasteiger partial charge in [-0.1, -0.05) is 33.8 Å². The summed E-state index contributed by atoms with van der Waals surface area (Å²) in [5, 5.41) is 3.96. The number of nitrogens with one attached hydrogen (secondary N) is 1. The summed E-state index contributed by atoms with van der Waals surface area (Å²) in [6, 6.07) is 3.73. The zero-order chi connectivity index (χ0) is 13.8. The molecule has 1 aromatic rings. The molecule has 0 bridgehead atoms. The van der Waals surface area contributed by atoms with E-state index in [9.17, 15) is 4.79 Å². The van der Waals surface area contributed by atoms with E-state index in [1.54, 1.807) is 13.1 Å². The summed E-state index contributed by atoms with van der Waals surface area (Å²) in [6.07, 6.45) is 0.762. The number of rotatable bonds is 2. The van der Waals surface area contributed by atoms with E-state index in [-0.39, 0.29) is 0 Å². The highest BCUT2D eigenvalue weighted by Gasteiger charge is 1.98. The third kappa shape index (κ3) is 5.33. The van der Waals surface area contributed by atoms with Gasteiger partial charge in [-0.05, 0) is 25.5 Å². The molecule has 0 aliphatic carbocycles. The molecule has 0 spiro atoms. The van der Waals surface area contributed by atoms with Crippen molar-refractivity contribution in [2.45, 2.75) is 41.5 Å². The van der Waals surface area contributed by atoms with Crippen LogP contribution in [0, 0.1) is 13.8 Å². The monoisotopic (exact) mass is 239 g/mol. The Bertz CT molecular complexity index is 381. The van der Waals surface area contributed by atoms with Crippen molar-refractivity contribution in [2.75, 3.05) is 7.05 Å². The van der Waals surface area contributed by atoms with E-state index in [1.807, 2.05) is 47.6 Å². The molecule has 4 heteroatoms. The van der Waals surface area contributed by atoms with Crippen LogP contribution in [-0.2, 0) is 4.79 Å². The molecule has 0 atom stereocenters. The van der Waals surface area contributed by atoms with Crippen LogP contribution in [-0.4, -0.2) is 18.0 Å². The first kappa shape index (κ1) is 17.8. The minimum absolute atomic E-state index is 0.612. The average Bonchev–Trinajstić information content (AvgIpc) is 2.39. The van der Waals surface area contributed by atoms with Gasteiger partial charge in [0.25, 0.3) is 0 Å². The molecule has 4 nitrogen and oxygen atoms in total. The summed E-state index contributed by atoms with van der Waals surface area (Å²) >= 11 is 0. The fourth-order valence-electron chi connectivity index (χ4n) is 1.10.